The summed E-state index contributed by atoms with van der Waals surface area (Å²) in [5.41, 5.74) is 1.19. The molecule has 92 valence electrons. The fourth-order valence-corrected chi connectivity index (χ4v) is 2.60. The molecule has 0 aliphatic rings. The number of nitro benzene ring substituents is 1. The predicted molar refractivity (Wildman–Crippen MR) is 73.4 cm³/mol. The fraction of sp³-hybridized carbons (Fsp3) is 0.0769. The third-order valence-corrected chi connectivity index (χ3v) is 3.83. The van der Waals surface area contributed by atoms with Crippen LogP contribution in [0.25, 0.3) is 0 Å². The van der Waals surface area contributed by atoms with E-state index >= 15 is 0 Å². The van der Waals surface area contributed by atoms with Gasteiger partial charge in [-0.15, -0.1) is 0 Å². The number of aryl methyl sites for hydroxylation is 1. The SMILES string of the molecule is Cc1cc(Cl)ccc1Sc1ccc([N+](=O)[O-])cc1. The van der Waals surface area contributed by atoms with E-state index in [0.29, 0.717) is 5.02 Å². The van der Waals surface area contributed by atoms with Gasteiger partial charge in [0.1, 0.15) is 0 Å². The van der Waals surface area contributed by atoms with E-state index in [1.165, 1.54) is 12.1 Å². The highest BCUT2D eigenvalue weighted by Crippen LogP contribution is 2.32. The van der Waals surface area contributed by atoms with E-state index in [9.17, 15) is 10.1 Å². The zero-order chi connectivity index (χ0) is 13.1. The first-order valence-corrected chi connectivity index (χ1v) is 6.44. The van der Waals surface area contributed by atoms with Crippen molar-refractivity contribution in [2.45, 2.75) is 16.7 Å². The van der Waals surface area contributed by atoms with E-state index in [4.69, 9.17) is 11.6 Å². The van der Waals surface area contributed by atoms with Crippen LogP contribution in [0.2, 0.25) is 5.02 Å². The van der Waals surface area contributed by atoms with Crippen molar-refractivity contribution < 1.29 is 4.92 Å². The smallest absolute Gasteiger partial charge is 0.258 e. The number of rotatable bonds is 3. The summed E-state index contributed by atoms with van der Waals surface area (Å²) in [6.45, 7) is 1.99. The number of nitro groups is 1. The number of benzene rings is 2. The monoisotopic (exact) mass is 279 g/mol. The largest absolute Gasteiger partial charge is 0.269 e. The maximum Gasteiger partial charge on any atom is 0.269 e. The van der Waals surface area contributed by atoms with Crippen LogP contribution in [0.15, 0.2) is 52.3 Å². The second-order valence-electron chi connectivity index (χ2n) is 3.76. The molecule has 3 nitrogen and oxygen atoms in total. The molecule has 2 aromatic carbocycles. The summed E-state index contributed by atoms with van der Waals surface area (Å²) >= 11 is 7.45. The predicted octanol–water partition coefficient (Wildman–Crippen LogP) is 4.71. The number of hydrogen-bond acceptors (Lipinski definition) is 3. The lowest BCUT2D eigenvalue weighted by atomic mass is 10.2. The minimum Gasteiger partial charge on any atom is -0.258 e. The molecule has 0 aromatic heterocycles. The Kier molecular flexibility index (Phi) is 3.89. The zero-order valence-corrected chi connectivity index (χ0v) is 11.2. The molecule has 0 N–H and O–H groups in total. The summed E-state index contributed by atoms with van der Waals surface area (Å²) in [4.78, 5) is 12.2. The molecular weight excluding hydrogens is 270 g/mol. The van der Waals surface area contributed by atoms with Gasteiger partial charge in [-0.05, 0) is 42.8 Å². The molecule has 2 aromatic rings. The van der Waals surface area contributed by atoms with Gasteiger partial charge in [0.15, 0.2) is 0 Å². The Bertz CT molecular complexity index is 584. The van der Waals surface area contributed by atoms with Crippen molar-refractivity contribution in [2.75, 3.05) is 0 Å². The first-order chi connectivity index (χ1) is 8.56. The molecule has 0 heterocycles. The molecule has 0 atom stereocenters. The van der Waals surface area contributed by atoms with E-state index in [0.717, 1.165) is 15.4 Å². The number of nitrogens with zero attached hydrogens (tertiary/aromatic N) is 1. The van der Waals surface area contributed by atoms with Gasteiger partial charge in [0.2, 0.25) is 0 Å². The second-order valence-corrected chi connectivity index (χ2v) is 5.31. The van der Waals surface area contributed by atoms with Crippen molar-refractivity contribution in [3.63, 3.8) is 0 Å². The summed E-state index contributed by atoms with van der Waals surface area (Å²) in [5, 5.41) is 11.3. The van der Waals surface area contributed by atoms with Crippen LogP contribution < -0.4 is 0 Å². The highest BCUT2D eigenvalue weighted by molar-refractivity contribution is 7.99. The van der Waals surface area contributed by atoms with E-state index in [1.807, 2.05) is 25.1 Å². The van der Waals surface area contributed by atoms with Gasteiger partial charge in [0, 0.05) is 26.9 Å². The van der Waals surface area contributed by atoms with Crippen LogP contribution in [-0.2, 0) is 0 Å². The van der Waals surface area contributed by atoms with E-state index in [1.54, 1.807) is 23.9 Å². The maximum absolute atomic E-state index is 10.5. The van der Waals surface area contributed by atoms with Gasteiger partial charge in [-0.3, -0.25) is 10.1 Å². The number of halogens is 1. The Morgan fingerprint density at radius 3 is 2.39 bits per heavy atom. The van der Waals surface area contributed by atoms with Crippen LogP contribution in [0.1, 0.15) is 5.56 Å². The summed E-state index contributed by atoms with van der Waals surface area (Å²) < 4.78 is 0. The highest BCUT2D eigenvalue weighted by Gasteiger charge is 2.06. The molecule has 0 unspecified atom stereocenters. The minimum atomic E-state index is -0.401. The van der Waals surface area contributed by atoms with Crippen LogP contribution in [0.3, 0.4) is 0 Å². The summed E-state index contributed by atoms with van der Waals surface area (Å²) in [7, 11) is 0. The normalized spacial score (nSPS) is 10.3. The van der Waals surface area contributed by atoms with E-state index < -0.39 is 4.92 Å². The Morgan fingerprint density at radius 2 is 1.83 bits per heavy atom. The lowest BCUT2D eigenvalue weighted by Crippen LogP contribution is -1.86. The topological polar surface area (TPSA) is 43.1 Å². The van der Waals surface area contributed by atoms with Crippen molar-refractivity contribution in [1.82, 2.24) is 0 Å². The van der Waals surface area contributed by atoms with Gasteiger partial charge in [-0.1, -0.05) is 23.4 Å². The lowest BCUT2D eigenvalue weighted by molar-refractivity contribution is -0.384. The zero-order valence-electron chi connectivity index (χ0n) is 9.59. The van der Waals surface area contributed by atoms with E-state index in [2.05, 4.69) is 0 Å². The molecule has 0 fully saturated rings. The molecule has 0 aliphatic carbocycles. The summed E-state index contributed by atoms with van der Waals surface area (Å²) in [6, 6.07) is 12.2. The highest BCUT2D eigenvalue weighted by atomic mass is 35.5. The van der Waals surface area contributed by atoms with Crippen molar-refractivity contribution in [1.29, 1.82) is 0 Å². The average Bonchev–Trinajstić information content (AvgIpc) is 2.33. The van der Waals surface area contributed by atoms with Crippen molar-refractivity contribution in [3.8, 4) is 0 Å². The molecule has 0 saturated heterocycles. The van der Waals surface area contributed by atoms with Gasteiger partial charge in [-0.25, -0.2) is 0 Å². The quantitative estimate of drug-likeness (QED) is 0.604. The first-order valence-electron chi connectivity index (χ1n) is 5.25. The Morgan fingerprint density at radius 1 is 1.17 bits per heavy atom. The average molecular weight is 280 g/mol. The second kappa shape index (κ2) is 5.42. The summed E-state index contributed by atoms with van der Waals surface area (Å²) in [5.74, 6) is 0. The van der Waals surface area contributed by atoms with Gasteiger partial charge in [0.05, 0.1) is 4.92 Å². The molecule has 5 heteroatoms. The van der Waals surface area contributed by atoms with Crippen LogP contribution in [0, 0.1) is 17.0 Å². The summed E-state index contributed by atoms with van der Waals surface area (Å²) in [6.07, 6.45) is 0. The van der Waals surface area contributed by atoms with Gasteiger partial charge in [0.25, 0.3) is 5.69 Å². The van der Waals surface area contributed by atoms with Crippen LogP contribution in [0.4, 0.5) is 5.69 Å². The molecule has 0 spiro atoms. The molecule has 0 bridgehead atoms. The Labute approximate surface area is 114 Å². The Balaban J connectivity index is 2.21. The van der Waals surface area contributed by atoms with Crippen LogP contribution in [0.5, 0.6) is 0 Å². The third kappa shape index (κ3) is 3.03. The molecule has 2 rings (SSSR count). The number of hydrogen-bond donors (Lipinski definition) is 0. The number of non-ortho nitro benzene ring substituents is 1. The molecule has 0 saturated carbocycles. The Hall–Kier alpha value is -1.52. The van der Waals surface area contributed by atoms with Crippen molar-refractivity contribution >= 4 is 29.1 Å². The maximum atomic E-state index is 10.5. The fourth-order valence-electron chi connectivity index (χ4n) is 1.49. The lowest BCUT2D eigenvalue weighted by Gasteiger charge is -2.05. The molecule has 0 radical (unpaired) electrons. The molecular formula is C13H10ClNO2S. The van der Waals surface area contributed by atoms with Crippen molar-refractivity contribution in [3.05, 3.63) is 63.2 Å². The van der Waals surface area contributed by atoms with Gasteiger partial charge < -0.3 is 0 Å². The van der Waals surface area contributed by atoms with Crippen molar-refractivity contribution in [2.24, 2.45) is 0 Å². The first kappa shape index (κ1) is 12.9. The molecule has 0 amide bonds. The van der Waals surface area contributed by atoms with Gasteiger partial charge in [-0.2, -0.15) is 0 Å². The van der Waals surface area contributed by atoms with Crippen LogP contribution in [-0.4, -0.2) is 4.92 Å². The third-order valence-electron chi connectivity index (χ3n) is 2.41. The van der Waals surface area contributed by atoms with Crippen LogP contribution >= 0.6 is 23.4 Å². The van der Waals surface area contributed by atoms with E-state index in [-0.39, 0.29) is 5.69 Å². The molecule has 18 heavy (non-hydrogen) atoms. The minimum absolute atomic E-state index is 0.104. The molecule has 0 aliphatic heterocycles. The standard InChI is InChI=1S/C13H10ClNO2S/c1-9-8-10(14)2-7-13(9)18-12-5-3-11(4-6-12)15(16)17/h2-8H,1H3. The van der Waals surface area contributed by atoms with Gasteiger partial charge >= 0.3 is 0 Å².